The van der Waals surface area contributed by atoms with Gasteiger partial charge in [-0.1, -0.05) is 0 Å². The van der Waals surface area contributed by atoms with E-state index in [1.54, 1.807) is 6.08 Å². The summed E-state index contributed by atoms with van der Waals surface area (Å²) < 4.78 is 5.27. The van der Waals surface area contributed by atoms with Crippen molar-refractivity contribution in [2.75, 3.05) is 19.0 Å². The first-order chi connectivity index (χ1) is 16.9. The number of imide groups is 2. The van der Waals surface area contributed by atoms with Gasteiger partial charge in [-0.05, 0) is 0 Å². The number of hydrogen-bond donors (Lipinski definition) is 0. The molecule has 0 bridgehead atoms. The first kappa shape index (κ1) is 24.0. The van der Waals surface area contributed by atoms with Gasteiger partial charge < -0.3 is 0 Å². The zero-order valence-corrected chi connectivity index (χ0v) is 25.4. The van der Waals surface area contributed by atoms with Gasteiger partial charge in [-0.15, -0.1) is 0 Å². The summed E-state index contributed by atoms with van der Waals surface area (Å²) >= 11 is -0.575. The molecule has 36 heavy (non-hydrogen) atoms. The number of likely N-dealkylation sites (N-methyl/N-ethyl adjacent to an activating group) is 2. The molecular formula is C28H27N3O3SeTe. The van der Waals surface area contributed by atoms with Crippen LogP contribution < -0.4 is 4.90 Å². The van der Waals surface area contributed by atoms with E-state index >= 15 is 0 Å². The SMILES string of the molecule is Cc1cc2c([te]1)N1c3[se]c(C=C4C(=O)N(C)C(=O)N(C)C4=O)cc3C(C)(C)c3cccc(c31)C2(C)C. The Morgan fingerprint density at radius 1 is 0.861 bits per heavy atom. The summed E-state index contributed by atoms with van der Waals surface area (Å²) in [4.78, 5) is 42.5. The van der Waals surface area contributed by atoms with Crippen molar-refractivity contribution in [3.63, 3.8) is 0 Å². The van der Waals surface area contributed by atoms with Gasteiger partial charge in [-0.2, -0.15) is 0 Å². The Morgan fingerprint density at radius 2 is 1.44 bits per heavy atom. The normalized spacial score (nSPS) is 19.4. The average Bonchev–Trinajstić information content (AvgIpc) is 3.44. The van der Waals surface area contributed by atoms with Gasteiger partial charge in [0.25, 0.3) is 0 Å². The van der Waals surface area contributed by atoms with E-state index in [4.69, 9.17) is 0 Å². The molecule has 2 aromatic heterocycles. The summed E-state index contributed by atoms with van der Waals surface area (Å²) in [5.41, 5.74) is 6.49. The molecule has 1 saturated heterocycles. The second kappa shape index (κ2) is 7.58. The van der Waals surface area contributed by atoms with E-state index < -0.39 is 38.3 Å². The molecule has 0 atom stereocenters. The maximum atomic E-state index is 12.9. The van der Waals surface area contributed by atoms with Crippen molar-refractivity contribution in [3.05, 3.63) is 66.2 Å². The van der Waals surface area contributed by atoms with Gasteiger partial charge in [-0.3, -0.25) is 0 Å². The summed E-state index contributed by atoms with van der Waals surface area (Å²) in [6, 6.07) is 10.7. The van der Waals surface area contributed by atoms with Crippen molar-refractivity contribution in [2.45, 2.75) is 45.4 Å². The second-order valence-electron chi connectivity index (χ2n) is 10.8. The number of urea groups is 1. The standard InChI is InChI=1S/C28H27N3O3SeTe/c1-14-11-20-25(36-14)31-21-17(9-8-10-18(21)28(20,4)5)27(2,3)19-13-15(35-24(19)31)12-16-22(32)29(6)26(34)30(7)23(16)33/h8-13H,1-7H3. The van der Waals surface area contributed by atoms with Gasteiger partial charge in [-0.25, -0.2) is 0 Å². The van der Waals surface area contributed by atoms with Crippen LogP contribution in [0.4, 0.5) is 18.7 Å². The zero-order valence-electron chi connectivity index (χ0n) is 21.3. The third kappa shape index (κ3) is 2.99. The zero-order chi connectivity index (χ0) is 25.9. The number of aryl methyl sites for hydroxylation is 1. The molecule has 184 valence electrons. The molecule has 0 aliphatic carbocycles. The summed E-state index contributed by atoms with van der Waals surface area (Å²) in [6.07, 6.45) is 1.72. The Labute approximate surface area is 226 Å². The quantitative estimate of drug-likeness (QED) is 0.222. The second-order valence-corrected chi connectivity index (χ2v) is 16.6. The maximum absolute atomic E-state index is 12.9. The van der Waals surface area contributed by atoms with Gasteiger partial charge in [0.15, 0.2) is 0 Å². The van der Waals surface area contributed by atoms with Crippen LogP contribution in [0.1, 0.15) is 58.0 Å². The first-order valence-electron chi connectivity index (χ1n) is 11.9. The molecule has 0 saturated carbocycles. The van der Waals surface area contributed by atoms with Crippen molar-refractivity contribution >= 4 is 72.8 Å². The van der Waals surface area contributed by atoms with Crippen LogP contribution in [-0.2, 0) is 20.4 Å². The number of para-hydroxylation sites is 1. The molecule has 3 aromatic rings. The van der Waals surface area contributed by atoms with Crippen LogP contribution in [0.15, 0.2) is 35.9 Å². The van der Waals surface area contributed by atoms with Crippen LogP contribution >= 0.6 is 0 Å². The molecule has 3 aliphatic rings. The Hall–Kier alpha value is -2.36. The van der Waals surface area contributed by atoms with Crippen molar-refractivity contribution < 1.29 is 14.4 Å². The van der Waals surface area contributed by atoms with E-state index in [2.05, 4.69) is 69.9 Å². The number of nitrogens with zero attached hydrogens (tertiary/aromatic N) is 3. The molecule has 4 amide bonds. The van der Waals surface area contributed by atoms with Crippen LogP contribution in [0.2, 0.25) is 0 Å². The molecule has 0 N–H and O–H groups in total. The Morgan fingerprint density at radius 3 is 2.06 bits per heavy atom. The fourth-order valence-corrected chi connectivity index (χ4v) is 12.1. The number of carbonyl (C=O) groups excluding carboxylic acids is 3. The number of carbonyl (C=O) groups is 3. The van der Waals surface area contributed by atoms with Crippen molar-refractivity contribution in [3.8, 4) is 0 Å². The molecule has 0 unspecified atom stereocenters. The van der Waals surface area contributed by atoms with Crippen molar-refractivity contribution in [2.24, 2.45) is 0 Å². The fourth-order valence-electron chi connectivity index (χ4n) is 5.70. The summed E-state index contributed by atoms with van der Waals surface area (Å²) in [5.74, 6) is -1.08. The number of barbiturate groups is 1. The van der Waals surface area contributed by atoms with E-state index in [1.165, 1.54) is 53.9 Å². The number of benzene rings is 1. The first-order valence-corrected chi connectivity index (χ1v) is 15.9. The predicted molar refractivity (Wildman–Crippen MR) is 143 cm³/mol. The molecule has 1 aromatic carbocycles. The molecule has 0 spiro atoms. The van der Waals surface area contributed by atoms with Crippen LogP contribution in [0.3, 0.4) is 0 Å². The molecule has 6 nitrogen and oxygen atoms in total. The minimum absolute atomic E-state index is 0.0513. The van der Waals surface area contributed by atoms with Gasteiger partial charge in [0.2, 0.25) is 0 Å². The van der Waals surface area contributed by atoms with Gasteiger partial charge in [0.1, 0.15) is 0 Å². The fraction of sp³-hybridized carbons (Fsp3) is 0.321. The average molecular weight is 660 g/mol. The minimum atomic E-state index is -0.598. The molecular weight excluding hydrogens is 633 g/mol. The molecule has 0 radical (unpaired) electrons. The molecule has 3 aliphatic heterocycles. The van der Waals surface area contributed by atoms with Crippen LogP contribution in [0, 0.1) is 6.92 Å². The van der Waals surface area contributed by atoms with Gasteiger partial charge in [0.05, 0.1) is 0 Å². The number of fused-ring (bicyclic) bond motifs is 4. The van der Waals surface area contributed by atoms with E-state index in [0.29, 0.717) is 0 Å². The molecule has 8 heteroatoms. The van der Waals surface area contributed by atoms with E-state index in [1.807, 2.05) is 0 Å². The topological polar surface area (TPSA) is 60.9 Å². The third-order valence-electron chi connectivity index (χ3n) is 7.86. The number of anilines is 3. The Bertz CT molecular complexity index is 1530. The number of rotatable bonds is 1. The molecule has 5 heterocycles. The molecule has 1 fully saturated rings. The van der Waals surface area contributed by atoms with Crippen LogP contribution in [0.5, 0.6) is 0 Å². The van der Waals surface area contributed by atoms with E-state index in [-0.39, 0.29) is 30.9 Å². The predicted octanol–water partition coefficient (Wildman–Crippen LogP) is 4.29. The number of amides is 4. The molecule has 6 rings (SSSR count). The van der Waals surface area contributed by atoms with E-state index in [0.717, 1.165) is 14.2 Å². The van der Waals surface area contributed by atoms with Crippen LogP contribution in [-0.4, -0.2) is 76.7 Å². The third-order valence-corrected chi connectivity index (χ3v) is 13.1. The Kier molecular flexibility index (Phi) is 5.06. The van der Waals surface area contributed by atoms with Crippen LogP contribution in [0.25, 0.3) is 6.08 Å². The summed E-state index contributed by atoms with van der Waals surface area (Å²) in [7, 11) is 2.84. The number of hydrogen-bond acceptors (Lipinski definition) is 4. The monoisotopic (exact) mass is 663 g/mol. The van der Waals surface area contributed by atoms with E-state index in [9.17, 15) is 14.4 Å². The van der Waals surface area contributed by atoms with Crippen molar-refractivity contribution in [1.29, 1.82) is 0 Å². The summed E-state index contributed by atoms with van der Waals surface area (Å²) in [6.45, 7) is 11.5. The van der Waals surface area contributed by atoms with Crippen molar-refractivity contribution in [1.82, 2.24) is 9.80 Å². The van der Waals surface area contributed by atoms with Gasteiger partial charge >= 0.3 is 228 Å². The Balaban J connectivity index is 1.59. The van der Waals surface area contributed by atoms with Gasteiger partial charge in [0, 0.05) is 0 Å². The summed E-state index contributed by atoms with van der Waals surface area (Å²) in [5, 5.41) is 0.